The van der Waals surface area contributed by atoms with Gasteiger partial charge in [0, 0.05) is 5.56 Å². The molecule has 0 heterocycles. The molecule has 3 heteroatoms. The fraction of sp³-hybridized carbons (Fsp3) is 0.294. The molecule has 1 atom stereocenters. The van der Waals surface area contributed by atoms with Crippen molar-refractivity contribution in [1.29, 1.82) is 0 Å². The molecule has 0 fully saturated rings. The minimum Gasteiger partial charge on any atom is -0.497 e. The molecule has 0 bridgehead atoms. The van der Waals surface area contributed by atoms with Crippen molar-refractivity contribution >= 4 is 0 Å². The molecule has 0 radical (unpaired) electrons. The quantitative estimate of drug-likeness (QED) is 0.904. The largest absolute Gasteiger partial charge is 0.497 e. The first-order valence-corrected chi connectivity index (χ1v) is 6.77. The Balaban J connectivity index is 2.29. The van der Waals surface area contributed by atoms with E-state index in [1.54, 1.807) is 7.11 Å². The first-order chi connectivity index (χ1) is 9.61. The summed E-state index contributed by atoms with van der Waals surface area (Å²) in [5.74, 6) is 1.67. The molecule has 0 aliphatic carbocycles. The second-order valence-corrected chi connectivity index (χ2v) is 4.96. The van der Waals surface area contributed by atoms with E-state index in [-0.39, 0.29) is 12.1 Å². The fourth-order valence-electron chi connectivity index (χ4n) is 2.09. The van der Waals surface area contributed by atoms with Crippen LogP contribution in [0.4, 0.5) is 0 Å². The number of ether oxygens (including phenoxy) is 2. The Labute approximate surface area is 120 Å². The molecule has 2 N–H and O–H groups in total. The molecule has 2 aromatic rings. The number of hydrogen-bond acceptors (Lipinski definition) is 3. The summed E-state index contributed by atoms with van der Waals surface area (Å²) < 4.78 is 11.0. The molecular formula is C17H21NO2. The van der Waals surface area contributed by atoms with E-state index in [1.807, 2.05) is 62.4 Å². The van der Waals surface area contributed by atoms with E-state index in [4.69, 9.17) is 15.2 Å². The smallest absolute Gasteiger partial charge is 0.124 e. The van der Waals surface area contributed by atoms with Crippen molar-refractivity contribution in [3.05, 3.63) is 59.7 Å². The van der Waals surface area contributed by atoms with Gasteiger partial charge in [-0.05, 0) is 37.6 Å². The summed E-state index contributed by atoms with van der Waals surface area (Å²) in [4.78, 5) is 0. The molecular weight excluding hydrogens is 250 g/mol. The van der Waals surface area contributed by atoms with Gasteiger partial charge < -0.3 is 15.2 Å². The highest BCUT2D eigenvalue weighted by molar-refractivity contribution is 5.42. The fourth-order valence-corrected chi connectivity index (χ4v) is 2.09. The summed E-state index contributed by atoms with van der Waals surface area (Å²) in [5.41, 5.74) is 8.39. The predicted octanol–water partition coefficient (Wildman–Crippen LogP) is 3.53. The minimum atomic E-state index is -0.212. The zero-order chi connectivity index (χ0) is 14.5. The SMILES string of the molecule is COc1ccc(C(N)c2ccccc2OC(C)C)cc1. The molecule has 20 heavy (non-hydrogen) atoms. The average Bonchev–Trinajstić information content (AvgIpc) is 2.46. The van der Waals surface area contributed by atoms with Crippen LogP contribution in [-0.4, -0.2) is 13.2 Å². The van der Waals surface area contributed by atoms with Crippen LogP contribution < -0.4 is 15.2 Å². The molecule has 106 valence electrons. The van der Waals surface area contributed by atoms with Gasteiger partial charge >= 0.3 is 0 Å². The van der Waals surface area contributed by atoms with Gasteiger partial charge in [0.1, 0.15) is 11.5 Å². The zero-order valence-electron chi connectivity index (χ0n) is 12.2. The lowest BCUT2D eigenvalue weighted by atomic mass is 9.98. The van der Waals surface area contributed by atoms with Crippen LogP contribution in [0.2, 0.25) is 0 Å². The predicted molar refractivity (Wildman–Crippen MR) is 81.2 cm³/mol. The molecule has 0 aromatic heterocycles. The lowest BCUT2D eigenvalue weighted by Crippen LogP contribution is -2.15. The lowest BCUT2D eigenvalue weighted by molar-refractivity contribution is 0.239. The van der Waals surface area contributed by atoms with Gasteiger partial charge in [-0.15, -0.1) is 0 Å². The Hall–Kier alpha value is -2.00. The third kappa shape index (κ3) is 3.31. The van der Waals surface area contributed by atoms with Crippen molar-refractivity contribution in [1.82, 2.24) is 0 Å². The number of benzene rings is 2. The van der Waals surface area contributed by atoms with Gasteiger partial charge in [-0.2, -0.15) is 0 Å². The Bertz CT molecular complexity index is 549. The van der Waals surface area contributed by atoms with Crippen LogP contribution in [0.15, 0.2) is 48.5 Å². The second kappa shape index (κ2) is 6.44. The molecule has 3 nitrogen and oxygen atoms in total. The van der Waals surface area contributed by atoms with Crippen LogP contribution in [0.1, 0.15) is 31.0 Å². The Kier molecular flexibility index (Phi) is 4.64. The van der Waals surface area contributed by atoms with E-state index in [9.17, 15) is 0 Å². The molecule has 0 spiro atoms. The van der Waals surface area contributed by atoms with Crippen LogP contribution in [0.5, 0.6) is 11.5 Å². The Morgan fingerprint density at radius 1 is 0.950 bits per heavy atom. The van der Waals surface area contributed by atoms with Crippen molar-refractivity contribution in [2.75, 3.05) is 7.11 Å². The van der Waals surface area contributed by atoms with E-state index in [0.717, 1.165) is 22.6 Å². The summed E-state index contributed by atoms with van der Waals surface area (Å²) in [6.07, 6.45) is 0.124. The van der Waals surface area contributed by atoms with E-state index in [1.165, 1.54) is 0 Å². The van der Waals surface area contributed by atoms with E-state index in [0.29, 0.717) is 0 Å². The number of nitrogens with two attached hydrogens (primary N) is 1. The Morgan fingerprint density at radius 2 is 1.60 bits per heavy atom. The highest BCUT2D eigenvalue weighted by Crippen LogP contribution is 2.29. The van der Waals surface area contributed by atoms with Crippen molar-refractivity contribution in [2.24, 2.45) is 5.73 Å². The second-order valence-electron chi connectivity index (χ2n) is 4.96. The van der Waals surface area contributed by atoms with Gasteiger partial charge in [0.15, 0.2) is 0 Å². The topological polar surface area (TPSA) is 44.5 Å². The van der Waals surface area contributed by atoms with Crippen LogP contribution >= 0.6 is 0 Å². The minimum absolute atomic E-state index is 0.124. The third-order valence-electron chi connectivity index (χ3n) is 3.09. The van der Waals surface area contributed by atoms with Crippen LogP contribution in [0.3, 0.4) is 0 Å². The van der Waals surface area contributed by atoms with Gasteiger partial charge in [-0.25, -0.2) is 0 Å². The molecule has 2 aromatic carbocycles. The highest BCUT2D eigenvalue weighted by atomic mass is 16.5. The maximum Gasteiger partial charge on any atom is 0.124 e. The van der Waals surface area contributed by atoms with Gasteiger partial charge in [0.25, 0.3) is 0 Å². The van der Waals surface area contributed by atoms with Crippen molar-refractivity contribution in [3.63, 3.8) is 0 Å². The standard InChI is InChI=1S/C17H21NO2/c1-12(2)20-16-7-5-4-6-15(16)17(18)13-8-10-14(19-3)11-9-13/h4-12,17H,18H2,1-3H3. The molecule has 2 rings (SSSR count). The van der Waals surface area contributed by atoms with Crippen molar-refractivity contribution in [3.8, 4) is 11.5 Å². The van der Waals surface area contributed by atoms with E-state index >= 15 is 0 Å². The van der Waals surface area contributed by atoms with Crippen LogP contribution in [-0.2, 0) is 0 Å². The van der Waals surface area contributed by atoms with E-state index in [2.05, 4.69) is 0 Å². The first-order valence-electron chi connectivity index (χ1n) is 6.77. The summed E-state index contributed by atoms with van der Waals surface area (Å²) in [6, 6.07) is 15.5. The number of rotatable bonds is 5. The molecule has 1 unspecified atom stereocenters. The van der Waals surface area contributed by atoms with E-state index < -0.39 is 0 Å². The number of methoxy groups -OCH3 is 1. The van der Waals surface area contributed by atoms with Gasteiger partial charge in [-0.1, -0.05) is 30.3 Å². The van der Waals surface area contributed by atoms with Crippen molar-refractivity contribution < 1.29 is 9.47 Å². The summed E-state index contributed by atoms with van der Waals surface area (Å²) in [5, 5.41) is 0. The highest BCUT2D eigenvalue weighted by Gasteiger charge is 2.14. The molecule has 0 aliphatic rings. The van der Waals surface area contributed by atoms with Gasteiger partial charge in [0.2, 0.25) is 0 Å². The van der Waals surface area contributed by atoms with Crippen LogP contribution in [0, 0.1) is 0 Å². The van der Waals surface area contributed by atoms with Crippen molar-refractivity contribution in [2.45, 2.75) is 26.0 Å². The molecule has 0 saturated carbocycles. The summed E-state index contributed by atoms with van der Waals surface area (Å²) in [6.45, 7) is 4.02. The monoisotopic (exact) mass is 271 g/mol. The normalized spacial score (nSPS) is 12.2. The zero-order valence-corrected chi connectivity index (χ0v) is 12.2. The molecule has 0 amide bonds. The number of para-hydroxylation sites is 1. The van der Waals surface area contributed by atoms with Gasteiger partial charge in [-0.3, -0.25) is 0 Å². The summed E-state index contributed by atoms with van der Waals surface area (Å²) >= 11 is 0. The molecule has 0 aliphatic heterocycles. The maximum atomic E-state index is 6.36. The first kappa shape index (κ1) is 14.4. The third-order valence-corrected chi connectivity index (χ3v) is 3.09. The molecule has 0 saturated heterocycles. The average molecular weight is 271 g/mol. The summed E-state index contributed by atoms with van der Waals surface area (Å²) in [7, 11) is 1.65. The Morgan fingerprint density at radius 3 is 2.20 bits per heavy atom. The maximum absolute atomic E-state index is 6.36. The number of hydrogen-bond donors (Lipinski definition) is 1. The lowest BCUT2D eigenvalue weighted by Gasteiger charge is -2.19. The van der Waals surface area contributed by atoms with Crippen LogP contribution in [0.25, 0.3) is 0 Å². The van der Waals surface area contributed by atoms with Gasteiger partial charge in [0.05, 0.1) is 19.3 Å².